The maximum absolute atomic E-state index is 5.60. The molecule has 0 atom stereocenters. The first-order chi connectivity index (χ1) is 11.3. The number of rotatable bonds is 3. The van der Waals surface area contributed by atoms with Crippen LogP contribution in [0.15, 0.2) is 48.7 Å². The maximum Gasteiger partial charge on any atom is 0.163 e. The zero-order valence-corrected chi connectivity index (χ0v) is 12.6. The van der Waals surface area contributed by atoms with Crippen molar-refractivity contribution in [2.45, 2.75) is 0 Å². The quantitative estimate of drug-likeness (QED) is 0.744. The molecule has 0 aliphatic carbocycles. The summed E-state index contributed by atoms with van der Waals surface area (Å²) in [6.45, 7) is 1.14. The van der Waals surface area contributed by atoms with Crippen LogP contribution in [-0.4, -0.2) is 35.3 Å². The van der Waals surface area contributed by atoms with Gasteiger partial charge in [0.05, 0.1) is 19.0 Å². The van der Waals surface area contributed by atoms with Gasteiger partial charge in [-0.15, -0.1) is 5.10 Å². The van der Waals surface area contributed by atoms with Gasteiger partial charge < -0.3 is 14.2 Å². The number of benzene rings is 2. The van der Waals surface area contributed by atoms with E-state index in [0.717, 1.165) is 34.2 Å². The molecule has 0 N–H and O–H groups in total. The van der Waals surface area contributed by atoms with Gasteiger partial charge in [-0.25, -0.2) is 4.68 Å². The highest BCUT2D eigenvalue weighted by Gasteiger charge is 2.13. The summed E-state index contributed by atoms with van der Waals surface area (Å²) >= 11 is 0. The Bertz CT molecular complexity index is 827. The molecular weight excluding hydrogens is 294 g/mol. The molecule has 4 rings (SSSR count). The molecule has 1 aromatic heterocycles. The number of methoxy groups -OCH3 is 1. The van der Waals surface area contributed by atoms with Gasteiger partial charge in [-0.2, -0.15) is 0 Å². The van der Waals surface area contributed by atoms with E-state index < -0.39 is 0 Å². The lowest BCUT2D eigenvalue weighted by Gasteiger charge is -2.18. The third-order valence-corrected chi connectivity index (χ3v) is 3.67. The van der Waals surface area contributed by atoms with E-state index in [9.17, 15) is 0 Å². The molecule has 6 nitrogen and oxygen atoms in total. The zero-order chi connectivity index (χ0) is 15.6. The van der Waals surface area contributed by atoms with Gasteiger partial charge in [0.15, 0.2) is 11.5 Å². The molecule has 0 amide bonds. The highest BCUT2D eigenvalue weighted by molar-refractivity contribution is 5.59. The van der Waals surface area contributed by atoms with Gasteiger partial charge in [-0.05, 0) is 36.4 Å². The Morgan fingerprint density at radius 3 is 2.57 bits per heavy atom. The summed E-state index contributed by atoms with van der Waals surface area (Å²) in [5.74, 6) is 2.30. The highest BCUT2D eigenvalue weighted by atomic mass is 16.6. The number of nitrogens with zero attached hydrogens (tertiary/aromatic N) is 3. The van der Waals surface area contributed by atoms with Crippen LogP contribution in [0.1, 0.15) is 0 Å². The van der Waals surface area contributed by atoms with Gasteiger partial charge in [0, 0.05) is 11.6 Å². The van der Waals surface area contributed by atoms with Crippen LogP contribution in [-0.2, 0) is 0 Å². The van der Waals surface area contributed by atoms with E-state index in [-0.39, 0.29) is 0 Å². The molecule has 0 saturated heterocycles. The van der Waals surface area contributed by atoms with Crippen molar-refractivity contribution in [2.75, 3.05) is 20.3 Å². The second kappa shape index (κ2) is 5.64. The number of hydrogen-bond donors (Lipinski definition) is 0. The molecule has 23 heavy (non-hydrogen) atoms. The highest BCUT2D eigenvalue weighted by Crippen LogP contribution is 2.32. The van der Waals surface area contributed by atoms with E-state index >= 15 is 0 Å². The first kappa shape index (κ1) is 13.6. The zero-order valence-electron chi connectivity index (χ0n) is 12.6. The van der Waals surface area contributed by atoms with Crippen molar-refractivity contribution in [3.8, 4) is 34.2 Å². The van der Waals surface area contributed by atoms with Crippen LogP contribution in [0.4, 0.5) is 0 Å². The summed E-state index contributed by atoms with van der Waals surface area (Å²) in [5.41, 5.74) is 2.65. The SMILES string of the molecule is COc1ccc(-c2cn(-c3ccc4c(c3)OCCO4)nn2)cc1. The van der Waals surface area contributed by atoms with Crippen LogP contribution < -0.4 is 14.2 Å². The fraction of sp³-hybridized carbons (Fsp3) is 0.176. The Morgan fingerprint density at radius 2 is 1.78 bits per heavy atom. The van der Waals surface area contributed by atoms with E-state index in [1.807, 2.05) is 48.7 Å². The van der Waals surface area contributed by atoms with Gasteiger partial charge in [-0.1, -0.05) is 5.21 Å². The average Bonchev–Trinajstić information content (AvgIpc) is 3.11. The Hall–Kier alpha value is -3.02. The van der Waals surface area contributed by atoms with Gasteiger partial charge >= 0.3 is 0 Å². The molecule has 0 saturated carbocycles. The lowest BCUT2D eigenvalue weighted by atomic mass is 10.1. The minimum Gasteiger partial charge on any atom is -0.497 e. The van der Waals surface area contributed by atoms with Crippen LogP contribution in [0, 0.1) is 0 Å². The molecule has 2 aromatic carbocycles. The number of fused-ring (bicyclic) bond motifs is 1. The third kappa shape index (κ3) is 2.59. The Kier molecular flexibility index (Phi) is 3.34. The maximum atomic E-state index is 5.60. The van der Waals surface area contributed by atoms with Crippen LogP contribution in [0.5, 0.6) is 17.2 Å². The van der Waals surface area contributed by atoms with E-state index in [4.69, 9.17) is 14.2 Å². The Morgan fingerprint density at radius 1 is 1.00 bits per heavy atom. The monoisotopic (exact) mass is 309 g/mol. The summed E-state index contributed by atoms with van der Waals surface area (Å²) < 4.78 is 18.0. The topological polar surface area (TPSA) is 58.4 Å². The number of hydrogen-bond acceptors (Lipinski definition) is 5. The molecule has 1 aliphatic heterocycles. The van der Waals surface area contributed by atoms with Crippen molar-refractivity contribution in [3.05, 3.63) is 48.7 Å². The van der Waals surface area contributed by atoms with Crippen LogP contribution in [0.2, 0.25) is 0 Å². The molecule has 1 aliphatic rings. The van der Waals surface area contributed by atoms with Crippen molar-refractivity contribution in [2.24, 2.45) is 0 Å². The molecule has 0 unspecified atom stereocenters. The van der Waals surface area contributed by atoms with Crippen molar-refractivity contribution >= 4 is 0 Å². The van der Waals surface area contributed by atoms with Gasteiger partial charge in [0.2, 0.25) is 0 Å². The van der Waals surface area contributed by atoms with Crippen molar-refractivity contribution < 1.29 is 14.2 Å². The van der Waals surface area contributed by atoms with Crippen LogP contribution >= 0.6 is 0 Å². The molecule has 2 heterocycles. The molecule has 0 bridgehead atoms. The Labute approximate surface area is 133 Å². The van der Waals surface area contributed by atoms with Gasteiger partial charge in [0.25, 0.3) is 0 Å². The van der Waals surface area contributed by atoms with E-state index in [2.05, 4.69) is 10.3 Å². The van der Waals surface area contributed by atoms with Crippen LogP contribution in [0.3, 0.4) is 0 Å². The van der Waals surface area contributed by atoms with Crippen molar-refractivity contribution in [1.82, 2.24) is 15.0 Å². The molecule has 3 aromatic rings. The minimum atomic E-state index is 0.560. The van der Waals surface area contributed by atoms with Crippen molar-refractivity contribution in [1.29, 1.82) is 0 Å². The van der Waals surface area contributed by atoms with Crippen LogP contribution in [0.25, 0.3) is 16.9 Å². The molecular formula is C17H15N3O3. The number of ether oxygens (including phenoxy) is 3. The largest absolute Gasteiger partial charge is 0.497 e. The summed E-state index contributed by atoms with van der Waals surface area (Å²) in [7, 11) is 1.65. The summed E-state index contributed by atoms with van der Waals surface area (Å²) in [6, 6.07) is 13.4. The first-order valence-electron chi connectivity index (χ1n) is 7.30. The molecule has 116 valence electrons. The van der Waals surface area contributed by atoms with E-state index in [0.29, 0.717) is 13.2 Å². The van der Waals surface area contributed by atoms with Crippen molar-refractivity contribution in [3.63, 3.8) is 0 Å². The Balaban J connectivity index is 1.64. The molecule has 0 spiro atoms. The summed E-state index contributed by atoms with van der Waals surface area (Å²) in [6.07, 6.45) is 1.88. The van der Waals surface area contributed by atoms with E-state index in [1.54, 1.807) is 11.8 Å². The van der Waals surface area contributed by atoms with Gasteiger partial charge in [0.1, 0.15) is 24.7 Å². The lowest BCUT2D eigenvalue weighted by molar-refractivity contribution is 0.171. The predicted molar refractivity (Wildman–Crippen MR) is 84.3 cm³/mol. The minimum absolute atomic E-state index is 0.560. The molecule has 6 heteroatoms. The fourth-order valence-corrected chi connectivity index (χ4v) is 2.46. The standard InChI is InChI=1S/C17H15N3O3/c1-21-14-5-2-12(3-6-14)15-11-20(19-18-15)13-4-7-16-17(10-13)23-9-8-22-16/h2-7,10-11H,8-9H2,1H3. The summed E-state index contributed by atoms with van der Waals surface area (Å²) in [5, 5.41) is 8.42. The van der Waals surface area contributed by atoms with Gasteiger partial charge in [-0.3, -0.25) is 0 Å². The third-order valence-electron chi connectivity index (χ3n) is 3.67. The average molecular weight is 309 g/mol. The summed E-state index contributed by atoms with van der Waals surface area (Å²) in [4.78, 5) is 0. The second-order valence-corrected chi connectivity index (χ2v) is 5.10. The predicted octanol–water partition coefficient (Wildman–Crippen LogP) is 2.71. The first-order valence-corrected chi connectivity index (χ1v) is 7.30. The normalized spacial score (nSPS) is 12.9. The number of aromatic nitrogens is 3. The molecule has 0 radical (unpaired) electrons. The second-order valence-electron chi connectivity index (χ2n) is 5.10. The van der Waals surface area contributed by atoms with E-state index in [1.165, 1.54) is 0 Å². The molecule has 0 fully saturated rings. The lowest BCUT2D eigenvalue weighted by Crippen LogP contribution is -2.15. The smallest absolute Gasteiger partial charge is 0.163 e. The fourth-order valence-electron chi connectivity index (χ4n) is 2.46.